The molecule has 1 saturated heterocycles. The molecule has 0 radical (unpaired) electrons. The zero-order valence-electron chi connectivity index (χ0n) is 12.5. The molecule has 8 nitrogen and oxygen atoms in total. The lowest BCUT2D eigenvalue weighted by molar-refractivity contribution is -0.121. The van der Waals surface area contributed by atoms with Crippen LogP contribution in [0.15, 0.2) is 0 Å². The Hall–Kier alpha value is -0.710. The van der Waals surface area contributed by atoms with Gasteiger partial charge in [0.15, 0.2) is 9.84 Å². The van der Waals surface area contributed by atoms with Crippen LogP contribution < -0.4 is 15.4 Å². The Labute approximate surface area is 126 Å². The number of carbonyl (C=O) groups is 1. The lowest BCUT2D eigenvalue weighted by Gasteiger charge is -2.27. The fourth-order valence-corrected chi connectivity index (χ4v) is 4.67. The molecular formula is C11H23N3O5S2. The summed E-state index contributed by atoms with van der Waals surface area (Å²) in [5.41, 5.74) is -0.810. The fraction of sp³-hybridized carbons (Fsp3) is 0.909. The van der Waals surface area contributed by atoms with Crippen molar-refractivity contribution in [3.63, 3.8) is 0 Å². The van der Waals surface area contributed by atoms with Crippen LogP contribution in [0, 0.1) is 0 Å². The molecule has 0 spiro atoms. The molecule has 21 heavy (non-hydrogen) atoms. The minimum atomic E-state index is -3.37. The number of sulfone groups is 1. The molecule has 10 heteroatoms. The third-order valence-corrected chi connectivity index (χ3v) is 5.58. The highest BCUT2D eigenvalue weighted by Gasteiger charge is 2.27. The van der Waals surface area contributed by atoms with Crippen LogP contribution in [0.4, 0.5) is 0 Å². The van der Waals surface area contributed by atoms with Crippen molar-refractivity contribution in [1.29, 1.82) is 0 Å². The van der Waals surface area contributed by atoms with Crippen LogP contribution in [-0.4, -0.2) is 65.2 Å². The van der Waals surface area contributed by atoms with Crippen molar-refractivity contribution in [2.75, 3.05) is 30.9 Å². The van der Waals surface area contributed by atoms with Gasteiger partial charge in [-0.05, 0) is 13.8 Å². The molecule has 1 heterocycles. The topological polar surface area (TPSA) is 121 Å². The number of nitrogens with one attached hydrogen (secondary N) is 3. The van der Waals surface area contributed by atoms with E-state index >= 15 is 0 Å². The zero-order chi connectivity index (χ0) is 16.3. The minimum absolute atomic E-state index is 0.0498. The predicted octanol–water partition coefficient (Wildman–Crippen LogP) is -1.79. The normalized spacial score (nSPS) is 22.7. The Kier molecular flexibility index (Phi) is 5.76. The van der Waals surface area contributed by atoms with Gasteiger partial charge < -0.3 is 10.6 Å². The first-order chi connectivity index (χ1) is 9.39. The van der Waals surface area contributed by atoms with Crippen LogP contribution in [-0.2, 0) is 24.7 Å². The second-order valence-electron chi connectivity index (χ2n) is 6.00. The van der Waals surface area contributed by atoms with Gasteiger partial charge in [-0.1, -0.05) is 0 Å². The van der Waals surface area contributed by atoms with Crippen LogP contribution in [0.1, 0.15) is 20.3 Å². The van der Waals surface area contributed by atoms with Crippen LogP contribution in [0.5, 0.6) is 0 Å². The van der Waals surface area contributed by atoms with Gasteiger partial charge in [-0.2, -0.15) is 0 Å². The molecule has 1 atom stereocenters. The summed E-state index contributed by atoms with van der Waals surface area (Å²) < 4.78 is 47.7. The summed E-state index contributed by atoms with van der Waals surface area (Å²) in [4.78, 5) is 11.8. The molecule has 0 saturated carbocycles. The van der Waals surface area contributed by atoms with E-state index in [0.29, 0.717) is 6.54 Å². The first-order valence-corrected chi connectivity index (χ1v) is 10.3. The summed E-state index contributed by atoms with van der Waals surface area (Å²) in [7, 11) is -6.44. The van der Waals surface area contributed by atoms with E-state index in [1.165, 1.54) is 0 Å². The quantitative estimate of drug-likeness (QED) is 0.524. The maximum absolute atomic E-state index is 11.8. The molecule has 0 bridgehead atoms. The molecular weight excluding hydrogens is 318 g/mol. The van der Waals surface area contributed by atoms with E-state index in [1.54, 1.807) is 13.8 Å². The van der Waals surface area contributed by atoms with Gasteiger partial charge in [0.05, 0.1) is 17.8 Å². The van der Waals surface area contributed by atoms with Gasteiger partial charge in [-0.15, -0.1) is 0 Å². The van der Waals surface area contributed by atoms with Crippen molar-refractivity contribution in [2.24, 2.45) is 0 Å². The van der Waals surface area contributed by atoms with Gasteiger partial charge in [0.2, 0.25) is 15.9 Å². The van der Waals surface area contributed by atoms with Crippen molar-refractivity contribution in [1.82, 2.24) is 15.4 Å². The van der Waals surface area contributed by atoms with E-state index in [2.05, 4.69) is 15.4 Å². The zero-order valence-corrected chi connectivity index (χ0v) is 14.1. The maximum Gasteiger partial charge on any atom is 0.221 e. The summed E-state index contributed by atoms with van der Waals surface area (Å²) in [5.74, 6) is -0.269. The molecule has 124 valence electrons. The molecule has 3 N–H and O–H groups in total. The van der Waals surface area contributed by atoms with Crippen LogP contribution >= 0.6 is 0 Å². The van der Waals surface area contributed by atoms with E-state index in [9.17, 15) is 21.6 Å². The largest absolute Gasteiger partial charge is 0.354 e. The molecule has 0 aliphatic carbocycles. The number of carbonyl (C=O) groups excluding carboxylic acids is 1. The SMILES string of the molecule is CC(C)(CNC(=O)CC1CS(=O)(=O)CCN1)NS(C)(=O)=O. The van der Waals surface area contributed by atoms with Gasteiger partial charge in [0, 0.05) is 31.1 Å². The summed E-state index contributed by atoms with van der Waals surface area (Å²) in [6.45, 7) is 3.77. The lowest BCUT2D eigenvalue weighted by Crippen LogP contribution is -2.52. The van der Waals surface area contributed by atoms with Crippen LogP contribution in [0.2, 0.25) is 0 Å². The monoisotopic (exact) mass is 341 g/mol. The highest BCUT2D eigenvalue weighted by molar-refractivity contribution is 7.91. The van der Waals surface area contributed by atoms with E-state index in [1.807, 2.05) is 0 Å². The number of amides is 1. The second-order valence-corrected chi connectivity index (χ2v) is 9.98. The van der Waals surface area contributed by atoms with E-state index in [-0.39, 0.29) is 30.4 Å². The van der Waals surface area contributed by atoms with E-state index in [0.717, 1.165) is 6.26 Å². The molecule has 1 rings (SSSR count). The average Bonchev–Trinajstić information content (AvgIpc) is 2.22. The van der Waals surface area contributed by atoms with Crippen molar-refractivity contribution in [3.05, 3.63) is 0 Å². The summed E-state index contributed by atoms with van der Waals surface area (Å²) in [5, 5.41) is 5.61. The van der Waals surface area contributed by atoms with Crippen LogP contribution in [0.3, 0.4) is 0 Å². The van der Waals surface area contributed by atoms with Crippen molar-refractivity contribution >= 4 is 25.8 Å². The average molecular weight is 341 g/mol. The Morgan fingerprint density at radius 1 is 1.38 bits per heavy atom. The molecule has 0 aromatic rings. The summed E-state index contributed by atoms with van der Waals surface area (Å²) >= 11 is 0. The predicted molar refractivity (Wildman–Crippen MR) is 80.1 cm³/mol. The lowest BCUT2D eigenvalue weighted by atomic mass is 10.1. The first-order valence-electron chi connectivity index (χ1n) is 6.58. The number of sulfonamides is 1. The van der Waals surface area contributed by atoms with Gasteiger partial charge in [0.25, 0.3) is 0 Å². The highest BCUT2D eigenvalue weighted by Crippen LogP contribution is 2.06. The number of hydrogen-bond donors (Lipinski definition) is 3. The Balaban J connectivity index is 2.44. The fourth-order valence-electron chi connectivity index (χ4n) is 2.15. The summed E-state index contributed by atoms with van der Waals surface area (Å²) in [6, 6.07) is -0.394. The molecule has 1 aliphatic rings. The van der Waals surface area contributed by atoms with Gasteiger partial charge in [-0.3, -0.25) is 4.79 Å². The Bertz CT molecular complexity index is 583. The van der Waals surface area contributed by atoms with E-state index in [4.69, 9.17) is 0 Å². The minimum Gasteiger partial charge on any atom is -0.354 e. The first kappa shape index (κ1) is 18.3. The molecule has 1 amide bonds. The molecule has 1 aliphatic heterocycles. The molecule has 0 aromatic carbocycles. The third-order valence-electron chi connectivity index (χ3n) is 2.92. The third kappa shape index (κ3) is 7.74. The molecule has 1 fully saturated rings. The van der Waals surface area contributed by atoms with Crippen molar-refractivity contribution in [3.8, 4) is 0 Å². The Morgan fingerprint density at radius 3 is 2.52 bits per heavy atom. The maximum atomic E-state index is 11.8. The highest BCUT2D eigenvalue weighted by atomic mass is 32.2. The van der Waals surface area contributed by atoms with Crippen molar-refractivity contribution < 1.29 is 21.6 Å². The number of rotatable bonds is 6. The second kappa shape index (κ2) is 6.59. The van der Waals surface area contributed by atoms with Gasteiger partial charge in [-0.25, -0.2) is 21.6 Å². The molecule has 0 aromatic heterocycles. The van der Waals surface area contributed by atoms with Crippen LogP contribution in [0.25, 0.3) is 0 Å². The number of hydrogen-bond acceptors (Lipinski definition) is 6. The smallest absolute Gasteiger partial charge is 0.221 e. The standard InChI is InChI=1S/C11H23N3O5S2/c1-11(2,14-20(3,16)17)8-13-10(15)6-9-7-21(18,19)5-4-12-9/h9,12,14H,4-8H2,1-3H3,(H,13,15). The van der Waals surface area contributed by atoms with Gasteiger partial charge >= 0.3 is 0 Å². The van der Waals surface area contributed by atoms with E-state index < -0.39 is 31.4 Å². The molecule has 1 unspecified atom stereocenters. The Morgan fingerprint density at radius 2 is 2.00 bits per heavy atom. The van der Waals surface area contributed by atoms with Crippen molar-refractivity contribution in [2.45, 2.75) is 31.8 Å². The van der Waals surface area contributed by atoms with Gasteiger partial charge in [0.1, 0.15) is 0 Å². The summed E-state index contributed by atoms with van der Waals surface area (Å²) in [6.07, 6.45) is 1.10.